The molecule has 0 aliphatic heterocycles. The van der Waals surface area contributed by atoms with E-state index >= 15 is 0 Å². The number of rotatable bonds is 11. The maximum Gasteiger partial charge on any atom is 0.0897 e. The molecule has 18 heavy (non-hydrogen) atoms. The van der Waals surface area contributed by atoms with E-state index in [1.807, 2.05) is 27.7 Å². The fraction of sp³-hybridized carbons (Fsp3) is 1.00. The molecule has 0 aliphatic rings. The van der Waals surface area contributed by atoms with E-state index in [2.05, 4.69) is 5.32 Å². The minimum absolute atomic E-state index is 0.0613. The summed E-state index contributed by atoms with van der Waals surface area (Å²) in [6, 6.07) is 0. The van der Waals surface area contributed by atoms with Crippen LogP contribution in [0.2, 0.25) is 0 Å². The van der Waals surface area contributed by atoms with Crippen LogP contribution >= 0.6 is 0 Å². The average molecular weight is 263 g/mol. The summed E-state index contributed by atoms with van der Waals surface area (Å²) < 4.78 is 11.2. The normalized spacial score (nSPS) is 16.8. The SMILES string of the molecule is CC(C)OC(C)CC(C)OCC(O)CNCCO. The van der Waals surface area contributed by atoms with E-state index in [4.69, 9.17) is 14.6 Å². The lowest BCUT2D eigenvalue weighted by Crippen LogP contribution is -2.33. The molecule has 0 bridgehead atoms. The van der Waals surface area contributed by atoms with Gasteiger partial charge in [-0.05, 0) is 34.1 Å². The zero-order chi connectivity index (χ0) is 14.0. The second-order valence-electron chi connectivity index (χ2n) is 4.96. The molecule has 3 N–H and O–H groups in total. The van der Waals surface area contributed by atoms with Gasteiger partial charge in [-0.1, -0.05) is 0 Å². The summed E-state index contributed by atoms with van der Waals surface area (Å²) in [5, 5.41) is 21.1. The van der Waals surface area contributed by atoms with Crippen LogP contribution in [0.1, 0.15) is 34.1 Å². The highest BCUT2D eigenvalue weighted by Crippen LogP contribution is 2.08. The van der Waals surface area contributed by atoms with Crippen LogP contribution in [-0.2, 0) is 9.47 Å². The first-order valence-electron chi connectivity index (χ1n) is 6.72. The second-order valence-corrected chi connectivity index (χ2v) is 4.96. The van der Waals surface area contributed by atoms with Gasteiger partial charge in [0, 0.05) is 13.1 Å². The molecule has 0 amide bonds. The van der Waals surface area contributed by atoms with Gasteiger partial charge in [0.05, 0.1) is 37.6 Å². The molecule has 110 valence electrons. The van der Waals surface area contributed by atoms with Crippen molar-refractivity contribution >= 4 is 0 Å². The third-order valence-electron chi connectivity index (χ3n) is 2.41. The Bertz CT molecular complexity index is 190. The molecule has 3 unspecified atom stereocenters. The molecular formula is C13H29NO4. The molecule has 0 spiro atoms. The van der Waals surface area contributed by atoms with Gasteiger partial charge in [-0.3, -0.25) is 0 Å². The number of aliphatic hydroxyl groups excluding tert-OH is 2. The fourth-order valence-electron chi connectivity index (χ4n) is 1.74. The molecule has 0 aromatic heterocycles. The average Bonchev–Trinajstić information content (AvgIpc) is 2.25. The highest BCUT2D eigenvalue weighted by molar-refractivity contribution is 4.62. The zero-order valence-corrected chi connectivity index (χ0v) is 12.1. The van der Waals surface area contributed by atoms with E-state index in [1.165, 1.54) is 0 Å². The molecular weight excluding hydrogens is 234 g/mol. The number of nitrogens with one attached hydrogen (secondary N) is 1. The van der Waals surface area contributed by atoms with Crippen molar-refractivity contribution in [2.24, 2.45) is 0 Å². The molecule has 0 rings (SSSR count). The van der Waals surface area contributed by atoms with Gasteiger partial charge in [0.2, 0.25) is 0 Å². The van der Waals surface area contributed by atoms with Crippen LogP contribution in [-0.4, -0.2) is 60.9 Å². The number of aliphatic hydroxyl groups is 2. The molecule has 0 fully saturated rings. The van der Waals surface area contributed by atoms with Gasteiger partial charge in [0.15, 0.2) is 0 Å². The van der Waals surface area contributed by atoms with Crippen LogP contribution in [0.25, 0.3) is 0 Å². The molecule has 0 heterocycles. The minimum atomic E-state index is -0.541. The quantitative estimate of drug-likeness (QED) is 0.475. The largest absolute Gasteiger partial charge is 0.395 e. The summed E-state index contributed by atoms with van der Waals surface area (Å²) in [6.45, 7) is 9.34. The van der Waals surface area contributed by atoms with Crippen LogP contribution in [0.15, 0.2) is 0 Å². The highest BCUT2D eigenvalue weighted by atomic mass is 16.5. The lowest BCUT2D eigenvalue weighted by molar-refractivity contribution is -0.0456. The van der Waals surface area contributed by atoms with E-state index < -0.39 is 6.10 Å². The van der Waals surface area contributed by atoms with Crippen molar-refractivity contribution in [3.05, 3.63) is 0 Å². The van der Waals surface area contributed by atoms with Crippen molar-refractivity contribution in [3.63, 3.8) is 0 Å². The smallest absolute Gasteiger partial charge is 0.0897 e. The first-order chi connectivity index (χ1) is 8.45. The Balaban J connectivity index is 3.59. The summed E-state index contributed by atoms with van der Waals surface area (Å²) in [7, 11) is 0. The monoisotopic (exact) mass is 263 g/mol. The molecule has 0 aliphatic carbocycles. The molecule has 5 heteroatoms. The van der Waals surface area contributed by atoms with Gasteiger partial charge in [-0.15, -0.1) is 0 Å². The van der Waals surface area contributed by atoms with E-state index in [9.17, 15) is 5.11 Å². The van der Waals surface area contributed by atoms with Gasteiger partial charge in [-0.25, -0.2) is 0 Å². The Labute approximate surface area is 110 Å². The standard InChI is InChI=1S/C13H29NO4/c1-10(2)18-12(4)7-11(3)17-9-13(16)8-14-5-6-15/h10-16H,5-9H2,1-4H3. The maximum absolute atomic E-state index is 9.60. The summed E-state index contributed by atoms with van der Waals surface area (Å²) in [5.74, 6) is 0. The van der Waals surface area contributed by atoms with Crippen LogP contribution in [0.5, 0.6) is 0 Å². The Kier molecular flexibility index (Phi) is 10.6. The zero-order valence-electron chi connectivity index (χ0n) is 12.1. The molecule has 0 aromatic carbocycles. The Morgan fingerprint density at radius 3 is 2.33 bits per heavy atom. The van der Waals surface area contributed by atoms with E-state index in [-0.39, 0.29) is 24.9 Å². The van der Waals surface area contributed by atoms with Crippen LogP contribution in [0, 0.1) is 0 Å². The lowest BCUT2D eigenvalue weighted by atomic mass is 10.2. The second kappa shape index (κ2) is 10.7. The van der Waals surface area contributed by atoms with Crippen LogP contribution in [0.4, 0.5) is 0 Å². The van der Waals surface area contributed by atoms with Crippen molar-refractivity contribution in [1.29, 1.82) is 0 Å². The maximum atomic E-state index is 9.60. The topological polar surface area (TPSA) is 71.0 Å². The van der Waals surface area contributed by atoms with Crippen molar-refractivity contribution in [2.75, 3.05) is 26.3 Å². The molecule has 0 aromatic rings. The van der Waals surface area contributed by atoms with Crippen molar-refractivity contribution in [1.82, 2.24) is 5.32 Å². The highest BCUT2D eigenvalue weighted by Gasteiger charge is 2.12. The number of hydrogen-bond donors (Lipinski definition) is 3. The first-order valence-corrected chi connectivity index (χ1v) is 6.72. The number of hydrogen-bond acceptors (Lipinski definition) is 5. The molecule has 5 nitrogen and oxygen atoms in total. The van der Waals surface area contributed by atoms with Crippen molar-refractivity contribution in [3.8, 4) is 0 Å². The first kappa shape index (κ1) is 17.8. The Hall–Kier alpha value is -0.200. The van der Waals surface area contributed by atoms with Crippen LogP contribution in [0.3, 0.4) is 0 Å². The lowest BCUT2D eigenvalue weighted by Gasteiger charge is -2.21. The van der Waals surface area contributed by atoms with Gasteiger partial charge >= 0.3 is 0 Å². The fourth-order valence-corrected chi connectivity index (χ4v) is 1.74. The molecule has 0 saturated carbocycles. The summed E-state index contributed by atoms with van der Waals surface area (Å²) >= 11 is 0. The summed E-state index contributed by atoms with van der Waals surface area (Å²) in [6.07, 6.45) is 0.714. The van der Waals surface area contributed by atoms with Gasteiger partial charge in [0.25, 0.3) is 0 Å². The van der Waals surface area contributed by atoms with Gasteiger partial charge < -0.3 is 25.0 Å². The van der Waals surface area contributed by atoms with E-state index in [0.717, 1.165) is 6.42 Å². The predicted molar refractivity (Wildman–Crippen MR) is 71.7 cm³/mol. The predicted octanol–water partition coefficient (Wildman–Crippen LogP) is 0.538. The van der Waals surface area contributed by atoms with E-state index in [0.29, 0.717) is 19.7 Å². The minimum Gasteiger partial charge on any atom is -0.395 e. The van der Waals surface area contributed by atoms with Crippen molar-refractivity contribution in [2.45, 2.75) is 58.5 Å². The van der Waals surface area contributed by atoms with Gasteiger partial charge in [-0.2, -0.15) is 0 Å². The van der Waals surface area contributed by atoms with Crippen LogP contribution < -0.4 is 5.32 Å². The third-order valence-corrected chi connectivity index (χ3v) is 2.41. The van der Waals surface area contributed by atoms with Crippen molar-refractivity contribution < 1.29 is 19.7 Å². The Morgan fingerprint density at radius 2 is 1.78 bits per heavy atom. The molecule has 3 atom stereocenters. The Morgan fingerprint density at radius 1 is 1.11 bits per heavy atom. The molecule has 0 saturated heterocycles. The third kappa shape index (κ3) is 10.9. The summed E-state index contributed by atoms with van der Waals surface area (Å²) in [5.41, 5.74) is 0. The number of ether oxygens (including phenoxy) is 2. The molecule has 0 radical (unpaired) electrons. The van der Waals surface area contributed by atoms with Gasteiger partial charge in [0.1, 0.15) is 0 Å². The summed E-state index contributed by atoms with van der Waals surface area (Å²) in [4.78, 5) is 0. The van der Waals surface area contributed by atoms with E-state index in [1.54, 1.807) is 0 Å².